The third kappa shape index (κ3) is 3.24. The van der Waals surface area contributed by atoms with Gasteiger partial charge in [0.05, 0.1) is 38.3 Å². The van der Waals surface area contributed by atoms with E-state index < -0.39 is 0 Å². The van der Waals surface area contributed by atoms with Gasteiger partial charge >= 0.3 is 0 Å². The second-order valence-electron chi connectivity index (χ2n) is 7.73. The van der Waals surface area contributed by atoms with Gasteiger partial charge in [0, 0.05) is 5.69 Å². The molecule has 1 atom stereocenters. The van der Waals surface area contributed by atoms with Crippen LogP contribution in [0.5, 0.6) is 5.75 Å². The molecule has 2 N–H and O–H groups in total. The zero-order chi connectivity index (χ0) is 19.8. The predicted molar refractivity (Wildman–Crippen MR) is 108 cm³/mol. The van der Waals surface area contributed by atoms with Gasteiger partial charge in [-0.25, -0.2) is 4.90 Å². The number of phenolic OH excluding ortho intramolecular Hbond substituents is 1. The number of rotatable bonds is 3. The summed E-state index contributed by atoms with van der Waals surface area (Å²) in [5.41, 5.74) is 3.73. The van der Waals surface area contributed by atoms with Crippen LogP contribution in [-0.4, -0.2) is 49.1 Å². The highest BCUT2D eigenvalue weighted by atomic mass is 16.3. The molecule has 4 rings (SSSR count). The lowest BCUT2D eigenvalue weighted by atomic mass is 10.1. The number of nitrogens with one attached hydrogen (secondary N) is 1. The van der Waals surface area contributed by atoms with Crippen LogP contribution in [-0.2, 0) is 9.59 Å². The van der Waals surface area contributed by atoms with E-state index in [-0.39, 0.29) is 30.0 Å². The minimum atomic E-state index is -0.298. The van der Waals surface area contributed by atoms with Gasteiger partial charge in [-0.05, 0) is 49.2 Å². The lowest BCUT2D eigenvalue weighted by molar-refractivity contribution is -0.915. The van der Waals surface area contributed by atoms with Crippen molar-refractivity contribution in [1.29, 1.82) is 0 Å². The summed E-state index contributed by atoms with van der Waals surface area (Å²) in [4.78, 5) is 30.7. The van der Waals surface area contributed by atoms with E-state index in [0.717, 1.165) is 48.7 Å². The summed E-state index contributed by atoms with van der Waals surface area (Å²) in [5.74, 6) is 0.0889. The molecule has 0 aromatic heterocycles. The molecule has 0 radical (unpaired) electrons. The Morgan fingerprint density at radius 3 is 2.18 bits per heavy atom. The molecule has 2 aliphatic rings. The van der Waals surface area contributed by atoms with E-state index >= 15 is 0 Å². The molecule has 6 nitrogen and oxygen atoms in total. The van der Waals surface area contributed by atoms with Crippen LogP contribution >= 0.6 is 0 Å². The average Bonchev–Trinajstić information content (AvgIpc) is 2.97. The van der Waals surface area contributed by atoms with E-state index in [2.05, 4.69) is 4.90 Å². The van der Waals surface area contributed by atoms with Crippen molar-refractivity contribution < 1.29 is 19.6 Å². The number of piperazine rings is 1. The Balaban J connectivity index is 1.47. The molecule has 2 heterocycles. The molecule has 0 spiro atoms. The summed E-state index contributed by atoms with van der Waals surface area (Å²) in [6.45, 7) is 7.15. The summed E-state index contributed by atoms with van der Waals surface area (Å²) in [7, 11) is 0. The number of anilines is 2. The fourth-order valence-corrected chi connectivity index (χ4v) is 4.41. The summed E-state index contributed by atoms with van der Waals surface area (Å²) in [5, 5.41) is 9.46. The number of aryl methyl sites for hydroxylation is 2. The van der Waals surface area contributed by atoms with Crippen LogP contribution in [0.15, 0.2) is 42.5 Å². The monoisotopic (exact) mass is 380 g/mol. The second-order valence-corrected chi connectivity index (χ2v) is 7.73. The highest BCUT2D eigenvalue weighted by Crippen LogP contribution is 2.29. The number of amides is 2. The van der Waals surface area contributed by atoms with E-state index in [1.165, 1.54) is 9.80 Å². The van der Waals surface area contributed by atoms with E-state index in [1.54, 1.807) is 12.1 Å². The van der Waals surface area contributed by atoms with Crippen LogP contribution in [0.25, 0.3) is 0 Å². The van der Waals surface area contributed by atoms with Crippen molar-refractivity contribution in [2.75, 3.05) is 36.0 Å². The largest absolute Gasteiger partial charge is 0.508 e. The summed E-state index contributed by atoms with van der Waals surface area (Å²) < 4.78 is 0. The van der Waals surface area contributed by atoms with Crippen molar-refractivity contribution in [3.05, 3.63) is 53.6 Å². The third-order valence-corrected chi connectivity index (χ3v) is 5.92. The zero-order valence-electron chi connectivity index (χ0n) is 16.3. The number of quaternary nitrogens is 1. The molecule has 0 aliphatic carbocycles. The van der Waals surface area contributed by atoms with Gasteiger partial charge in [0.1, 0.15) is 5.75 Å². The van der Waals surface area contributed by atoms with E-state index in [1.807, 2.05) is 44.2 Å². The normalized spacial score (nSPS) is 20.9. The number of nitrogens with zero attached hydrogens (tertiary/aromatic N) is 2. The molecule has 2 aromatic carbocycles. The highest BCUT2D eigenvalue weighted by molar-refractivity contribution is 6.22. The number of benzene rings is 2. The molecule has 2 aromatic rings. The number of carbonyl (C=O) groups excluding carboxylic acids is 2. The number of imide groups is 1. The molecule has 2 amide bonds. The Kier molecular flexibility index (Phi) is 4.81. The lowest BCUT2D eigenvalue weighted by Gasteiger charge is -2.35. The topological polar surface area (TPSA) is 65.3 Å². The lowest BCUT2D eigenvalue weighted by Crippen LogP contribution is -3.19. The smallest absolute Gasteiger partial charge is 0.292 e. The minimum absolute atomic E-state index is 0.0736. The zero-order valence-corrected chi connectivity index (χ0v) is 16.3. The van der Waals surface area contributed by atoms with Crippen LogP contribution in [0.4, 0.5) is 11.4 Å². The van der Waals surface area contributed by atoms with Gasteiger partial charge in [0.15, 0.2) is 6.04 Å². The molecule has 2 saturated heterocycles. The van der Waals surface area contributed by atoms with Crippen LogP contribution in [0.1, 0.15) is 17.5 Å². The van der Waals surface area contributed by atoms with Crippen LogP contribution in [0.2, 0.25) is 0 Å². The average molecular weight is 380 g/mol. The first kappa shape index (κ1) is 18.5. The molecule has 146 valence electrons. The molecule has 28 heavy (non-hydrogen) atoms. The molecular formula is C22H26N3O3+. The fourth-order valence-electron chi connectivity index (χ4n) is 4.41. The Morgan fingerprint density at radius 2 is 1.57 bits per heavy atom. The van der Waals surface area contributed by atoms with Gasteiger partial charge in [0.25, 0.3) is 5.91 Å². The summed E-state index contributed by atoms with van der Waals surface area (Å²) >= 11 is 0. The van der Waals surface area contributed by atoms with Crippen molar-refractivity contribution >= 4 is 23.2 Å². The maximum Gasteiger partial charge on any atom is 0.292 e. The van der Waals surface area contributed by atoms with Gasteiger partial charge in [-0.1, -0.05) is 18.2 Å². The molecule has 0 bridgehead atoms. The number of hydrogen-bond donors (Lipinski definition) is 2. The first-order valence-corrected chi connectivity index (χ1v) is 9.77. The van der Waals surface area contributed by atoms with Gasteiger partial charge in [-0.3, -0.25) is 9.59 Å². The highest BCUT2D eigenvalue weighted by Gasteiger charge is 2.47. The third-order valence-electron chi connectivity index (χ3n) is 5.92. The Labute approximate surface area is 165 Å². The molecule has 0 saturated carbocycles. The summed E-state index contributed by atoms with van der Waals surface area (Å²) in [6, 6.07) is 12.7. The molecule has 0 unspecified atom stereocenters. The molecule has 6 heteroatoms. The van der Waals surface area contributed by atoms with Crippen molar-refractivity contribution in [2.24, 2.45) is 0 Å². The van der Waals surface area contributed by atoms with E-state index in [4.69, 9.17) is 0 Å². The number of carbonyl (C=O) groups is 2. The first-order chi connectivity index (χ1) is 13.5. The van der Waals surface area contributed by atoms with Gasteiger partial charge in [0.2, 0.25) is 5.91 Å². The van der Waals surface area contributed by atoms with Gasteiger partial charge in [-0.2, -0.15) is 0 Å². The van der Waals surface area contributed by atoms with Gasteiger partial charge in [-0.15, -0.1) is 0 Å². The van der Waals surface area contributed by atoms with Crippen LogP contribution in [0, 0.1) is 13.8 Å². The Bertz CT molecular complexity index is 881. The number of hydrogen-bond acceptors (Lipinski definition) is 4. The van der Waals surface area contributed by atoms with Crippen molar-refractivity contribution in [2.45, 2.75) is 26.3 Å². The number of para-hydroxylation sites is 1. The SMILES string of the molecule is Cc1cccc(C)c1N1C(=O)C[C@@H]([NH+]2CCN(c3ccc(O)cc3)CC2)C1=O. The minimum Gasteiger partial charge on any atom is -0.508 e. The number of phenols is 1. The van der Waals surface area contributed by atoms with E-state index in [9.17, 15) is 14.7 Å². The number of aromatic hydroxyl groups is 1. The van der Waals surface area contributed by atoms with Crippen molar-refractivity contribution in [3.63, 3.8) is 0 Å². The standard InChI is InChI=1S/C22H25N3O3/c1-15-4-3-5-16(2)21(15)25-20(27)14-19(22(25)28)24-12-10-23(11-13-24)17-6-8-18(26)9-7-17/h3-9,19,26H,10-14H2,1-2H3/p+1/t19-/m1/s1. The van der Waals surface area contributed by atoms with E-state index in [0.29, 0.717) is 0 Å². The second kappa shape index (κ2) is 7.28. The Hall–Kier alpha value is -2.86. The summed E-state index contributed by atoms with van der Waals surface area (Å²) in [6.07, 6.45) is 0.279. The van der Waals surface area contributed by atoms with Crippen molar-refractivity contribution in [1.82, 2.24) is 0 Å². The molecule has 2 fully saturated rings. The first-order valence-electron chi connectivity index (χ1n) is 9.77. The predicted octanol–water partition coefficient (Wildman–Crippen LogP) is 1.05. The molecular weight excluding hydrogens is 354 g/mol. The van der Waals surface area contributed by atoms with Crippen molar-refractivity contribution in [3.8, 4) is 5.75 Å². The maximum atomic E-state index is 13.2. The maximum absolute atomic E-state index is 13.2. The van der Waals surface area contributed by atoms with Crippen LogP contribution in [0.3, 0.4) is 0 Å². The fraction of sp³-hybridized carbons (Fsp3) is 0.364. The van der Waals surface area contributed by atoms with Gasteiger partial charge < -0.3 is 14.9 Å². The Morgan fingerprint density at radius 1 is 0.964 bits per heavy atom. The molecule has 2 aliphatic heterocycles. The quantitative estimate of drug-likeness (QED) is 0.782. The van der Waals surface area contributed by atoms with Crippen LogP contribution < -0.4 is 14.7 Å².